The van der Waals surface area contributed by atoms with Crippen molar-refractivity contribution in [3.8, 4) is 0 Å². The van der Waals surface area contributed by atoms with E-state index in [4.69, 9.17) is 4.74 Å². The summed E-state index contributed by atoms with van der Waals surface area (Å²) in [7, 11) is 0. The maximum Gasteiger partial charge on any atom is 0.410 e. The molecule has 2 aliphatic heterocycles. The van der Waals surface area contributed by atoms with Crippen molar-refractivity contribution >= 4 is 17.6 Å². The van der Waals surface area contributed by atoms with Crippen molar-refractivity contribution in [3.05, 3.63) is 59.9 Å². The highest BCUT2D eigenvalue weighted by molar-refractivity contribution is 6.09. The number of benzene rings is 1. The summed E-state index contributed by atoms with van der Waals surface area (Å²) in [6.45, 7) is 7.01. The Labute approximate surface area is 165 Å². The Bertz CT molecular complexity index is 891. The first-order valence-electron chi connectivity index (χ1n) is 9.63. The second-order valence-corrected chi connectivity index (χ2v) is 8.46. The molecule has 2 saturated heterocycles. The third kappa shape index (κ3) is 3.59. The molecule has 1 amide bonds. The number of rotatable bonds is 3. The minimum Gasteiger partial charge on any atom is -0.444 e. The van der Waals surface area contributed by atoms with Crippen molar-refractivity contribution in [3.63, 3.8) is 0 Å². The summed E-state index contributed by atoms with van der Waals surface area (Å²) in [6, 6.07) is 11.5. The van der Waals surface area contributed by atoms with Crippen molar-refractivity contribution in [2.45, 2.75) is 44.9 Å². The van der Waals surface area contributed by atoms with Gasteiger partial charge in [0.05, 0.1) is 17.9 Å². The van der Waals surface area contributed by atoms with E-state index < -0.39 is 5.60 Å². The molecule has 1 aromatic heterocycles. The number of pyridine rings is 1. The van der Waals surface area contributed by atoms with Crippen LogP contribution in [0, 0.1) is 0 Å². The van der Waals surface area contributed by atoms with Gasteiger partial charge in [-0.15, -0.1) is 0 Å². The number of ketones is 1. The van der Waals surface area contributed by atoms with E-state index >= 15 is 0 Å². The van der Waals surface area contributed by atoms with Crippen molar-refractivity contribution in [2.75, 3.05) is 18.0 Å². The summed E-state index contributed by atoms with van der Waals surface area (Å²) in [5.41, 5.74) is 1.67. The first kappa shape index (κ1) is 18.5. The fourth-order valence-corrected chi connectivity index (χ4v) is 3.99. The Kier molecular flexibility index (Phi) is 4.57. The van der Waals surface area contributed by atoms with Crippen LogP contribution in [-0.4, -0.2) is 52.5 Å². The number of ether oxygens (including phenoxy) is 1. The summed E-state index contributed by atoms with van der Waals surface area (Å²) < 4.78 is 5.53. The van der Waals surface area contributed by atoms with Crippen LogP contribution < -0.4 is 4.90 Å². The second kappa shape index (κ2) is 6.93. The average Bonchev–Trinajstić information content (AvgIpc) is 3.28. The summed E-state index contributed by atoms with van der Waals surface area (Å²) in [5.74, 6) is -0.0327. The number of carbonyl (C=O) groups excluding carboxylic acids is 2. The number of nitrogens with zero attached hydrogens (tertiary/aromatic N) is 3. The molecule has 0 spiro atoms. The van der Waals surface area contributed by atoms with Crippen LogP contribution in [-0.2, 0) is 4.74 Å². The predicted octanol–water partition coefficient (Wildman–Crippen LogP) is 3.51. The molecule has 6 heteroatoms. The Morgan fingerprint density at radius 2 is 1.79 bits per heavy atom. The molecule has 2 fully saturated rings. The van der Waals surface area contributed by atoms with E-state index in [1.807, 2.05) is 62.1 Å². The monoisotopic (exact) mass is 379 g/mol. The van der Waals surface area contributed by atoms with Gasteiger partial charge < -0.3 is 14.5 Å². The molecule has 0 saturated carbocycles. The number of aromatic nitrogens is 1. The van der Waals surface area contributed by atoms with Gasteiger partial charge in [0.15, 0.2) is 5.78 Å². The third-order valence-electron chi connectivity index (χ3n) is 5.22. The molecular formula is C22H25N3O3. The number of likely N-dealkylation sites (tertiary alicyclic amines) is 1. The molecule has 3 heterocycles. The van der Waals surface area contributed by atoms with Gasteiger partial charge in [0, 0.05) is 36.5 Å². The van der Waals surface area contributed by atoms with Crippen LogP contribution in [0.2, 0.25) is 0 Å². The average molecular weight is 379 g/mol. The smallest absolute Gasteiger partial charge is 0.410 e. The third-order valence-corrected chi connectivity index (χ3v) is 5.22. The summed E-state index contributed by atoms with van der Waals surface area (Å²) in [5, 5.41) is 0. The lowest BCUT2D eigenvalue weighted by atomic mass is 10.0. The standard InChI is InChI=1S/C22H25N3O3/c1-22(2,3)28-21(27)25-14-18-10-19(25)13-24(18)17-9-16(11-23-12-17)20(26)15-7-5-4-6-8-15/h4-9,11-12,18-19H,10,13-14H2,1-3H3/t18-,19-/m0/s1. The Hall–Kier alpha value is -2.89. The van der Waals surface area contributed by atoms with Gasteiger partial charge in [-0.05, 0) is 33.3 Å². The number of hydrogen-bond donors (Lipinski definition) is 0. The molecule has 4 rings (SSSR count). The van der Waals surface area contributed by atoms with Gasteiger partial charge in [-0.2, -0.15) is 0 Å². The molecular weight excluding hydrogens is 354 g/mol. The SMILES string of the molecule is CC(C)(C)OC(=O)N1C[C@@H]2C[C@H]1CN2c1cncc(C(=O)c2ccccc2)c1. The summed E-state index contributed by atoms with van der Waals surface area (Å²) in [4.78, 5) is 33.5. The Morgan fingerprint density at radius 1 is 1.04 bits per heavy atom. The van der Waals surface area contributed by atoms with Crippen LogP contribution >= 0.6 is 0 Å². The van der Waals surface area contributed by atoms with E-state index in [1.165, 1.54) is 0 Å². The van der Waals surface area contributed by atoms with E-state index in [2.05, 4.69) is 9.88 Å². The first-order chi connectivity index (χ1) is 13.3. The number of carbonyl (C=O) groups is 2. The Morgan fingerprint density at radius 3 is 2.43 bits per heavy atom. The van der Waals surface area contributed by atoms with Crippen LogP contribution in [0.1, 0.15) is 43.1 Å². The van der Waals surface area contributed by atoms with E-state index in [0.29, 0.717) is 17.7 Å². The fourth-order valence-electron chi connectivity index (χ4n) is 3.99. The maximum atomic E-state index is 12.7. The van der Waals surface area contributed by atoms with Crippen LogP contribution in [0.5, 0.6) is 0 Å². The minimum atomic E-state index is -0.491. The number of anilines is 1. The molecule has 2 aliphatic rings. The van der Waals surface area contributed by atoms with Crippen LogP contribution in [0.25, 0.3) is 0 Å². The molecule has 0 aliphatic carbocycles. The molecule has 0 N–H and O–H groups in total. The van der Waals surface area contributed by atoms with Crippen LogP contribution in [0.3, 0.4) is 0 Å². The van der Waals surface area contributed by atoms with Gasteiger partial charge in [0.2, 0.25) is 0 Å². The minimum absolute atomic E-state index is 0.0327. The maximum absolute atomic E-state index is 12.7. The number of amides is 1. The molecule has 2 aromatic rings. The zero-order valence-corrected chi connectivity index (χ0v) is 16.5. The highest BCUT2D eigenvalue weighted by atomic mass is 16.6. The molecule has 6 nitrogen and oxygen atoms in total. The van der Waals surface area contributed by atoms with Gasteiger partial charge in [-0.25, -0.2) is 4.79 Å². The Balaban J connectivity index is 1.48. The van der Waals surface area contributed by atoms with E-state index in [-0.39, 0.29) is 24.0 Å². The second-order valence-electron chi connectivity index (χ2n) is 8.46. The molecule has 2 bridgehead atoms. The summed E-state index contributed by atoms with van der Waals surface area (Å²) in [6.07, 6.45) is 4.07. The molecule has 2 atom stereocenters. The van der Waals surface area contributed by atoms with Gasteiger partial charge in [0.25, 0.3) is 0 Å². The van der Waals surface area contributed by atoms with Crippen molar-refractivity contribution < 1.29 is 14.3 Å². The first-order valence-corrected chi connectivity index (χ1v) is 9.63. The van der Waals surface area contributed by atoms with Crippen LogP contribution in [0.15, 0.2) is 48.8 Å². The molecule has 0 unspecified atom stereocenters. The number of piperazine rings is 1. The van der Waals surface area contributed by atoms with Crippen molar-refractivity contribution in [2.24, 2.45) is 0 Å². The van der Waals surface area contributed by atoms with Crippen molar-refractivity contribution in [1.82, 2.24) is 9.88 Å². The fraction of sp³-hybridized carbons (Fsp3) is 0.409. The van der Waals surface area contributed by atoms with E-state index in [0.717, 1.165) is 18.7 Å². The lowest BCUT2D eigenvalue weighted by molar-refractivity contribution is 0.0214. The van der Waals surface area contributed by atoms with E-state index in [1.54, 1.807) is 12.4 Å². The lowest BCUT2D eigenvalue weighted by Crippen LogP contribution is -2.50. The van der Waals surface area contributed by atoms with Crippen LogP contribution in [0.4, 0.5) is 10.5 Å². The largest absolute Gasteiger partial charge is 0.444 e. The number of fused-ring (bicyclic) bond motifs is 2. The number of hydrogen-bond acceptors (Lipinski definition) is 5. The highest BCUT2D eigenvalue weighted by Gasteiger charge is 2.46. The zero-order chi connectivity index (χ0) is 19.9. The molecule has 146 valence electrons. The summed E-state index contributed by atoms with van der Waals surface area (Å²) >= 11 is 0. The quantitative estimate of drug-likeness (QED) is 0.764. The van der Waals surface area contributed by atoms with Gasteiger partial charge in [-0.1, -0.05) is 30.3 Å². The molecule has 1 aromatic carbocycles. The van der Waals surface area contributed by atoms with Gasteiger partial charge in [0.1, 0.15) is 5.60 Å². The lowest BCUT2D eigenvalue weighted by Gasteiger charge is -2.36. The zero-order valence-electron chi connectivity index (χ0n) is 16.5. The normalized spacial score (nSPS) is 21.1. The van der Waals surface area contributed by atoms with Gasteiger partial charge in [-0.3, -0.25) is 9.78 Å². The topological polar surface area (TPSA) is 62.7 Å². The van der Waals surface area contributed by atoms with Gasteiger partial charge >= 0.3 is 6.09 Å². The van der Waals surface area contributed by atoms with Crippen molar-refractivity contribution in [1.29, 1.82) is 0 Å². The van der Waals surface area contributed by atoms with E-state index in [9.17, 15) is 9.59 Å². The molecule has 28 heavy (non-hydrogen) atoms. The molecule has 0 radical (unpaired) electrons. The highest BCUT2D eigenvalue weighted by Crippen LogP contribution is 2.35. The predicted molar refractivity (Wildman–Crippen MR) is 107 cm³/mol.